The Hall–Kier alpha value is -3.22. The Bertz CT molecular complexity index is 775. The number of rotatable bonds is 3. The first-order valence-corrected chi connectivity index (χ1v) is 7.94. The molecular weight excluding hydrogens is 329 g/mol. The first kappa shape index (κ1) is 19.1. The third-order valence-corrected chi connectivity index (χ3v) is 3.46. The standard InChI is InChI=1S/C20H15NO2.BH3O2/c22-19(16-10-4-1-5-11-16)21(18-14-8-3-9-15-18)20(23)17-12-6-2-7-13-17;2-1-3/h1-15H;1-3H. The lowest BCUT2D eigenvalue weighted by molar-refractivity contribution is 0.0897. The van der Waals surface area contributed by atoms with E-state index in [1.807, 2.05) is 18.2 Å². The average Bonchev–Trinajstić information content (AvgIpc) is 2.71. The predicted octanol–water partition coefficient (Wildman–Crippen LogP) is 2.41. The van der Waals surface area contributed by atoms with Crippen LogP contribution in [0.3, 0.4) is 0 Å². The predicted molar refractivity (Wildman–Crippen MR) is 102 cm³/mol. The number of nitrogens with zero attached hydrogens (tertiary/aromatic N) is 1. The van der Waals surface area contributed by atoms with Crippen molar-refractivity contribution in [1.29, 1.82) is 0 Å². The first-order valence-electron chi connectivity index (χ1n) is 7.94. The minimum atomic E-state index is -0.750. The van der Waals surface area contributed by atoms with E-state index in [0.717, 1.165) is 0 Å². The number of carbonyl (C=O) groups is 2. The summed E-state index contributed by atoms with van der Waals surface area (Å²) in [5.74, 6) is -0.684. The molecule has 2 amide bonds. The lowest BCUT2D eigenvalue weighted by Crippen LogP contribution is -2.37. The van der Waals surface area contributed by atoms with Crippen LogP contribution in [0.15, 0.2) is 91.0 Å². The monoisotopic (exact) mass is 347 g/mol. The van der Waals surface area contributed by atoms with Crippen LogP contribution in [0.25, 0.3) is 0 Å². The number of hydrogen-bond acceptors (Lipinski definition) is 4. The zero-order valence-corrected chi connectivity index (χ0v) is 14.0. The van der Waals surface area contributed by atoms with Crippen LogP contribution in [0.5, 0.6) is 0 Å². The van der Waals surface area contributed by atoms with Gasteiger partial charge in [-0.1, -0.05) is 54.6 Å². The molecule has 0 unspecified atom stereocenters. The van der Waals surface area contributed by atoms with Crippen LogP contribution < -0.4 is 4.90 Å². The zero-order chi connectivity index (χ0) is 18.8. The molecule has 3 aromatic rings. The van der Waals surface area contributed by atoms with Crippen molar-refractivity contribution in [1.82, 2.24) is 0 Å². The Kier molecular flexibility index (Phi) is 7.30. The van der Waals surface area contributed by atoms with Crippen LogP contribution in [-0.4, -0.2) is 29.5 Å². The molecule has 3 rings (SSSR count). The fourth-order valence-corrected chi connectivity index (χ4v) is 2.32. The van der Waals surface area contributed by atoms with Crippen molar-refractivity contribution in [2.75, 3.05) is 4.90 Å². The minimum absolute atomic E-state index is 0.342. The molecule has 0 aliphatic carbocycles. The van der Waals surface area contributed by atoms with Crippen molar-refractivity contribution >= 4 is 25.2 Å². The van der Waals surface area contributed by atoms with Crippen LogP contribution in [-0.2, 0) is 0 Å². The Morgan fingerprint density at radius 2 is 0.923 bits per heavy atom. The highest BCUT2D eigenvalue weighted by Crippen LogP contribution is 2.20. The number of imide groups is 1. The van der Waals surface area contributed by atoms with Crippen molar-refractivity contribution in [2.45, 2.75) is 0 Å². The molecule has 0 aliphatic heterocycles. The van der Waals surface area contributed by atoms with Crippen molar-refractivity contribution in [3.05, 3.63) is 102 Å². The van der Waals surface area contributed by atoms with Gasteiger partial charge in [0.05, 0.1) is 5.69 Å². The number of anilines is 1. The van der Waals surface area contributed by atoms with Gasteiger partial charge in [0.25, 0.3) is 11.8 Å². The second kappa shape index (κ2) is 9.93. The van der Waals surface area contributed by atoms with E-state index in [1.165, 1.54) is 4.90 Å². The van der Waals surface area contributed by atoms with Gasteiger partial charge < -0.3 is 10.0 Å². The maximum atomic E-state index is 12.9. The van der Waals surface area contributed by atoms with Crippen LogP contribution in [0.4, 0.5) is 5.69 Å². The van der Waals surface area contributed by atoms with E-state index in [0.29, 0.717) is 16.8 Å². The second-order valence-corrected chi connectivity index (χ2v) is 5.15. The molecule has 0 saturated heterocycles. The Morgan fingerprint density at radius 1 is 0.615 bits per heavy atom. The van der Waals surface area contributed by atoms with E-state index < -0.39 is 7.69 Å². The third-order valence-electron chi connectivity index (χ3n) is 3.46. The molecule has 0 bridgehead atoms. The average molecular weight is 347 g/mol. The van der Waals surface area contributed by atoms with Gasteiger partial charge in [-0.25, -0.2) is 4.90 Å². The number of amides is 2. The molecule has 0 fully saturated rings. The molecule has 0 atom stereocenters. The van der Waals surface area contributed by atoms with E-state index in [-0.39, 0.29) is 11.8 Å². The van der Waals surface area contributed by atoms with Gasteiger partial charge in [-0.05, 0) is 36.4 Å². The quantitative estimate of drug-likeness (QED) is 0.563. The summed E-state index contributed by atoms with van der Waals surface area (Å²) in [6.45, 7) is 0. The topological polar surface area (TPSA) is 77.8 Å². The van der Waals surface area contributed by atoms with Crippen LogP contribution >= 0.6 is 0 Å². The van der Waals surface area contributed by atoms with Crippen LogP contribution in [0, 0.1) is 0 Å². The largest absolute Gasteiger partial charge is 0.432 e. The maximum absolute atomic E-state index is 12.9. The van der Waals surface area contributed by atoms with Gasteiger partial charge >= 0.3 is 7.69 Å². The summed E-state index contributed by atoms with van der Waals surface area (Å²) in [4.78, 5) is 26.9. The molecule has 0 aromatic heterocycles. The summed E-state index contributed by atoms with van der Waals surface area (Å²) >= 11 is 0. The van der Waals surface area contributed by atoms with Crippen molar-refractivity contribution in [3.63, 3.8) is 0 Å². The molecule has 0 spiro atoms. The summed E-state index contributed by atoms with van der Waals surface area (Å²) in [6, 6.07) is 26.6. The third kappa shape index (κ3) is 4.89. The first-order chi connectivity index (χ1) is 12.7. The number of para-hydroxylation sites is 1. The lowest BCUT2D eigenvalue weighted by Gasteiger charge is -2.21. The van der Waals surface area contributed by atoms with Crippen molar-refractivity contribution in [3.8, 4) is 0 Å². The fraction of sp³-hybridized carbons (Fsp3) is 0. The maximum Gasteiger partial charge on any atom is 0.432 e. The van der Waals surface area contributed by atoms with E-state index in [9.17, 15) is 9.59 Å². The van der Waals surface area contributed by atoms with E-state index in [1.54, 1.807) is 72.8 Å². The van der Waals surface area contributed by atoms with Crippen molar-refractivity contribution in [2.24, 2.45) is 0 Å². The molecule has 6 heteroatoms. The number of benzene rings is 3. The summed E-state index contributed by atoms with van der Waals surface area (Å²) in [7, 11) is -0.750. The van der Waals surface area contributed by atoms with Crippen LogP contribution in [0.2, 0.25) is 0 Å². The van der Waals surface area contributed by atoms with Gasteiger partial charge in [0, 0.05) is 11.1 Å². The molecule has 3 aromatic carbocycles. The van der Waals surface area contributed by atoms with Gasteiger partial charge in [0.2, 0.25) is 0 Å². The van der Waals surface area contributed by atoms with E-state index in [4.69, 9.17) is 10.0 Å². The van der Waals surface area contributed by atoms with E-state index >= 15 is 0 Å². The molecule has 130 valence electrons. The minimum Gasteiger partial charge on any atom is -0.430 e. The lowest BCUT2D eigenvalue weighted by atomic mass is 10.1. The van der Waals surface area contributed by atoms with E-state index in [2.05, 4.69) is 0 Å². The number of hydrogen-bond donors (Lipinski definition) is 2. The number of carbonyl (C=O) groups excluding carboxylic acids is 2. The summed E-state index contributed by atoms with van der Waals surface area (Å²) in [5, 5.41) is 14.2. The highest BCUT2D eigenvalue weighted by Gasteiger charge is 2.25. The van der Waals surface area contributed by atoms with Gasteiger partial charge in [0.1, 0.15) is 0 Å². The zero-order valence-electron chi connectivity index (χ0n) is 14.0. The summed E-state index contributed by atoms with van der Waals surface area (Å²) in [6.07, 6.45) is 0. The highest BCUT2D eigenvalue weighted by molar-refractivity contribution is 6.25. The van der Waals surface area contributed by atoms with Gasteiger partial charge in [-0.3, -0.25) is 9.59 Å². The molecule has 5 nitrogen and oxygen atoms in total. The Labute approximate surface area is 152 Å². The second-order valence-electron chi connectivity index (χ2n) is 5.15. The molecule has 0 aliphatic rings. The Balaban J connectivity index is 0.000000758. The molecular formula is C20H18BNO4. The van der Waals surface area contributed by atoms with Gasteiger partial charge in [-0.15, -0.1) is 0 Å². The van der Waals surface area contributed by atoms with Gasteiger partial charge in [0.15, 0.2) is 0 Å². The smallest absolute Gasteiger partial charge is 0.430 e. The molecule has 0 heterocycles. The SMILES string of the molecule is O=C(c1ccccc1)N(C(=O)c1ccccc1)c1ccccc1.OBO. The Morgan fingerprint density at radius 3 is 1.27 bits per heavy atom. The molecule has 0 saturated carbocycles. The summed E-state index contributed by atoms with van der Waals surface area (Å²) < 4.78 is 0. The molecule has 0 radical (unpaired) electrons. The van der Waals surface area contributed by atoms with Gasteiger partial charge in [-0.2, -0.15) is 0 Å². The summed E-state index contributed by atoms with van der Waals surface area (Å²) in [5.41, 5.74) is 1.50. The van der Waals surface area contributed by atoms with Crippen LogP contribution in [0.1, 0.15) is 20.7 Å². The molecule has 2 N–H and O–H groups in total. The van der Waals surface area contributed by atoms with Crippen molar-refractivity contribution < 1.29 is 19.6 Å². The molecule has 26 heavy (non-hydrogen) atoms. The normalized spacial score (nSPS) is 9.46. The highest BCUT2D eigenvalue weighted by atomic mass is 16.4. The fourth-order valence-electron chi connectivity index (χ4n) is 2.32.